The molecule has 2 N–H and O–H groups in total. The van der Waals surface area contributed by atoms with Crippen LogP contribution in [0.15, 0.2) is 133 Å². The zero-order valence-corrected chi connectivity index (χ0v) is 20.0. The molecule has 5 heteroatoms. The first-order valence-corrected chi connectivity index (χ1v) is 12.1. The highest BCUT2D eigenvalue weighted by atomic mass is 16.2. The van der Waals surface area contributed by atoms with Gasteiger partial charge in [0.1, 0.15) is 0 Å². The van der Waals surface area contributed by atoms with Crippen LogP contribution < -0.4 is 10.9 Å². The van der Waals surface area contributed by atoms with E-state index < -0.39 is 0 Å². The molecule has 0 saturated heterocycles. The summed E-state index contributed by atoms with van der Waals surface area (Å²) in [5, 5.41) is 0. The maximum absolute atomic E-state index is 12.8. The molecule has 0 radical (unpaired) electrons. The SMILES string of the molecule is O=C(NN/C=C1\C=Nc2ccccc21)c1ccc(-n2c(-c3ccccc3)ccc2-c2ccccc2)cc1. The van der Waals surface area contributed by atoms with Crippen molar-refractivity contribution in [3.63, 3.8) is 0 Å². The maximum atomic E-state index is 12.8. The third-order valence-electron chi connectivity index (χ3n) is 6.38. The molecule has 1 aliphatic rings. The number of carbonyl (C=O) groups is 1. The lowest BCUT2D eigenvalue weighted by Gasteiger charge is -2.15. The molecule has 0 unspecified atom stereocenters. The molecule has 6 rings (SSSR count). The van der Waals surface area contributed by atoms with Crippen molar-refractivity contribution in [2.24, 2.45) is 4.99 Å². The Labute approximate surface area is 215 Å². The number of nitrogens with one attached hydrogen (secondary N) is 2. The van der Waals surface area contributed by atoms with E-state index >= 15 is 0 Å². The number of nitrogens with zero attached hydrogens (tertiary/aromatic N) is 2. The zero-order valence-electron chi connectivity index (χ0n) is 20.0. The molecule has 2 heterocycles. The first-order chi connectivity index (χ1) is 18.3. The van der Waals surface area contributed by atoms with Crippen LogP contribution >= 0.6 is 0 Å². The number of aliphatic imine (C=N–C) groups is 1. The molecule has 0 fully saturated rings. The number of hydrogen-bond acceptors (Lipinski definition) is 3. The van der Waals surface area contributed by atoms with Crippen molar-refractivity contribution in [1.82, 2.24) is 15.4 Å². The Kier molecular flexibility index (Phi) is 5.93. The first kappa shape index (κ1) is 22.3. The van der Waals surface area contributed by atoms with Crippen LogP contribution in [0, 0.1) is 0 Å². The summed E-state index contributed by atoms with van der Waals surface area (Å²) in [6, 6.07) is 40.4. The Bertz CT molecular complexity index is 1560. The molecule has 1 amide bonds. The number of benzene rings is 4. The van der Waals surface area contributed by atoms with Gasteiger partial charge in [-0.15, -0.1) is 0 Å². The topological polar surface area (TPSA) is 58.4 Å². The van der Waals surface area contributed by atoms with Gasteiger partial charge in [-0.25, -0.2) is 0 Å². The number of carbonyl (C=O) groups excluding carboxylic acids is 1. The van der Waals surface area contributed by atoms with Crippen LogP contribution in [0.3, 0.4) is 0 Å². The van der Waals surface area contributed by atoms with Crippen molar-refractivity contribution in [3.8, 4) is 28.2 Å². The van der Waals surface area contributed by atoms with Gasteiger partial charge in [0.25, 0.3) is 5.91 Å². The summed E-state index contributed by atoms with van der Waals surface area (Å²) in [4.78, 5) is 17.2. The van der Waals surface area contributed by atoms with Gasteiger partial charge in [-0.1, -0.05) is 78.9 Å². The second-order valence-electron chi connectivity index (χ2n) is 8.69. The predicted molar refractivity (Wildman–Crippen MR) is 150 cm³/mol. The van der Waals surface area contributed by atoms with Gasteiger partial charge in [-0.3, -0.25) is 15.2 Å². The number of allylic oxidation sites excluding steroid dienone is 1. The second kappa shape index (κ2) is 9.84. The van der Waals surface area contributed by atoms with E-state index in [4.69, 9.17) is 0 Å². The highest BCUT2D eigenvalue weighted by Crippen LogP contribution is 2.33. The summed E-state index contributed by atoms with van der Waals surface area (Å²) in [6.45, 7) is 0. The van der Waals surface area contributed by atoms with Gasteiger partial charge in [0.05, 0.1) is 17.1 Å². The first-order valence-electron chi connectivity index (χ1n) is 12.1. The van der Waals surface area contributed by atoms with Crippen LogP contribution in [0.1, 0.15) is 15.9 Å². The van der Waals surface area contributed by atoms with Gasteiger partial charge >= 0.3 is 0 Å². The summed E-state index contributed by atoms with van der Waals surface area (Å²) in [7, 11) is 0. The van der Waals surface area contributed by atoms with Crippen molar-refractivity contribution < 1.29 is 4.79 Å². The highest BCUT2D eigenvalue weighted by Gasteiger charge is 2.15. The lowest BCUT2D eigenvalue weighted by Crippen LogP contribution is -2.33. The van der Waals surface area contributed by atoms with E-state index in [9.17, 15) is 4.79 Å². The Hall–Kier alpha value is -5.16. The molecule has 178 valence electrons. The minimum Gasteiger partial charge on any atom is -0.309 e. The molecule has 4 aromatic carbocycles. The van der Waals surface area contributed by atoms with E-state index in [2.05, 4.69) is 56.8 Å². The van der Waals surface area contributed by atoms with Crippen LogP contribution in [0.4, 0.5) is 5.69 Å². The van der Waals surface area contributed by atoms with E-state index in [1.54, 1.807) is 12.4 Å². The number of hydrogen-bond donors (Lipinski definition) is 2. The monoisotopic (exact) mass is 480 g/mol. The van der Waals surface area contributed by atoms with Crippen LogP contribution in [-0.2, 0) is 0 Å². The van der Waals surface area contributed by atoms with E-state index in [-0.39, 0.29) is 5.91 Å². The second-order valence-corrected chi connectivity index (χ2v) is 8.69. The van der Waals surface area contributed by atoms with Crippen LogP contribution in [0.5, 0.6) is 0 Å². The molecule has 0 bridgehead atoms. The van der Waals surface area contributed by atoms with Crippen molar-refractivity contribution in [2.75, 3.05) is 0 Å². The number of rotatable bonds is 6. The molecule has 0 saturated carbocycles. The summed E-state index contributed by atoms with van der Waals surface area (Å²) in [6.07, 6.45) is 3.53. The minimum atomic E-state index is -0.217. The zero-order chi connectivity index (χ0) is 25.0. The minimum absolute atomic E-state index is 0.217. The summed E-state index contributed by atoms with van der Waals surface area (Å²) < 4.78 is 2.23. The molecule has 37 heavy (non-hydrogen) atoms. The maximum Gasteiger partial charge on any atom is 0.269 e. The molecule has 1 aromatic heterocycles. The fourth-order valence-electron chi connectivity index (χ4n) is 4.55. The third kappa shape index (κ3) is 4.46. The highest BCUT2D eigenvalue weighted by molar-refractivity contribution is 6.16. The van der Waals surface area contributed by atoms with Gasteiger partial charge in [-0.2, -0.15) is 0 Å². The molecule has 0 aliphatic carbocycles. The Morgan fingerprint density at radius 1 is 0.676 bits per heavy atom. The van der Waals surface area contributed by atoms with Crippen molar-refractivity contribution in [3.05, 3.63) is 139 Å². The van der Waals surface area contributed by atoms with Gasteiger partial charge in [-0.05, 0) is 53.6 Å². The molecule has 1 aliphatic heterocycles. The smallest absolute Gasteiger partial charge is 0.269 e. The molecular weight excluding hydrogens is 456 g/mol. The fraction of sp³-hybridized carbons (Fsp3) is 0. The lowest BCUT2D eigenvalue weighted by molar-refractivity contribution is 0.0941. The van der Waals surface area contributed by atoms with Crippen molar-refractivity contribution in [2.45, 2.75) is 0 Å². The molecule has 5 nitrogen and oxygen atoms in total. The molecular formula is C32H24N4O. The lowest BCUT2D eigenvalue weighted by atomic mass is 10.1. The van der Waals surface area contributed by atoms with E-state index in [0.717, 1.165) is 45.0 Å². The van der Waals surface area contributed by atoms with Crippen LogP contribution in [0.25, 0.3) is 33.8 Å². The normalized spacial score (nSPS) is 12.9. The van der Waals surface area contributed by atoms with Gasteiger partial charge in [0, 0.05) is 34.8 Å². The van der Waals surface area contributed by atoms with Crippen molar-refractivity contribution >= 4 is 23.4 Å². The number of para-hydroxylation sites is 1. The molecule has 0 spiro atoms. The van der Waals surface area contributed by atoms with Crippen LogP contribution in [-0.4, -0.2) is 16.7 Å². The van der Waals surface area contributed by atoms with Crippen LogP contribution in [0.2, 0.25) is 0 Å². The van der Waals surface area contributed by atoms with Gasteiger partial charge < -0.3 is 9.99 Å². The number of aromatic nitrogens is 1. The summed E-state index contributed by atoms with van der Waals surface area (Å²) in [5.74, 6) is -0.217. The average molecular weight is 481 g/mol. The quantitative estimate of drug-likeness (QED) is 0.263. The van der Waals surface area contributed by atoms with Crippen molar-refractivity contribution in [1.29, 1.82) is 0 Å². The predicted octanol–water partition coefficient (Wildman–Crippen LogP) is 6.80. The Morgan fingerprint density at radius 3 is 1.92 bits per heavy atom. The summed E-state index contributed by atoms with van der Waals surface area (Å²) in [5.41, 5.74) is 14.5. The van der Waals surface area contributed by atoms with E-state index in [1.165, 1.54) is 0 Å². The largest absolute Gasteiger partial charge is 0.309 e. The fourth-order valence-corrected chi connectivity index (χ4v) is 4.55. The Balaban J connectivity index is 1.25. The van der Waals surface area contributed by atoms with Gasteiger partial charge in [0.15, 0.2) is 0 Å². The number of fused-ring (bicyclic) bond motifs is 1. The number of hydrazine groups is 1. The van der Waals surface area contributed by atoms with E-state index in [0.29, 0.717) is 5.56 Å². The average Bonchev–Trinajstić information content (AvgIpc) is 3.59. The third-order valence-corrected chi connectivity index (χ3v) is 6.38. The standard InChI is InChI=1S/C32H24N4O/c37-32(35-34-22-26-21-33-29-14-8-7-13-28(26)29)25-15-17-27(18-16-25)36-30(23-9-3-1-4-10-23)19-20-31(36)24-11-5-2-6-12-24/h1-22,34H,(H,35,37)/b26-22+. The van der Waals surface area contributed by atoms with Gasteiger partial charge in [0.2, 0.25) is 0 Å². The number of amides is 1. The molecule has 5 aromatic rings. The van der Waals surface area contributed by atoms with E-state index in [1.807, 2.05) is 84.9 Å². The Morgan fingerprint density at radius 2 is 1.27 bits per heavy atom. The summed E-state index contributed by atoms with van der Waals surface area (Å²) >= 11 is 0. The molecule has 0 atom stereocenters.